The number of halogens is 2. The third-order valence-corrected chi connectivity index (χ3v) is 10.1. The van der Waals surface area contributed by atoms with Crippen molar-refractivity contribution in [3.8, 4) is 28.1 Å². The molecule has 0 aliphatic carbocycles. The summed E-state index contributed by atoms with van der Waals surface area (Å²) < 4.78 is 36.8. The summed E-state index contributed by atoms with van der Waals surface area (Å²) in [5.74, 6) is 0.336. The maximum atomic E-state index is 13.5. The Bertz CT molecular complexity index is 1800. The predicted molar refractivity (Wildman–Crippen MR) is 166 cm³/mol. The molecule has 0 unspecified atom stereocenters. The standard InChI is InChI=1S/C31H28BrClN4O3S/c1-40-28-13-10-25(32)19-29(28)41(38,39)36-17-15-35(16-18-36)21-27-31(23-7-11-26(33)12-8-23)34-30-14-9-24(20-37(27)30)22-5-3-2-4-6-22/h2-14,19-20H,15-18,21H2,1H3. The highest BCUT2D eigenvalue weighted by Crippen LogP contribution is 2.32. The van der Waals surface area contributed by atoms with E-state index in [1.807, 2.05) is 48.5 Å². The van der Waals surface area contributed by atoms with Gasteiger partial charge < -0.3 is 9.14 Å². The Morgan fingerprint density at radius 2 is 1.59 bits per heavy atom. The van der Waals surface area contributed by atoms with Crippen molar-refractivity contribution in [2.24, 2.45) is 0 Å². The van der Waals surface area contributed by atoms with Crippen molar-refractivity contribution in [3.63, 3.8) is 0 Å². The van der Waals surface area contributed by atoms with Gasteiger partial charge in [0.2, 0.25) is 10.0 Å². The fourth-order valence-electron chi connectivity index (χ4n) is 5.22. The van der Waals surface area contributed by atoms with Crippen molar-refractivity contribution >= 4 is 43.2 Å². The summed E-state index contributed by atoms with van der Waals surface area (Å²) in [4.78, 5) is 7.45. The largest absolute Gasteiger partial charge is 0.495 e. The van der Waals surface area contributed by atoms with Crippen LogP contribution in [0.4, 0.5) is 0 Å². The van der Waals surface area contributed by atoms with E-state index in [4.69, 9.17) is 21.3 Å². The summed E-state index contributed by atoms with van der Waals surface area (Å²) in [5, 5.41) is 0.671. The Morgan fingerprint density at radius 3 is 2.29 bits per heavy atom. The zero-order chi connectivity index (χ0) is 28.6. The van der Waals surface area contributed by atoms with E-state index in [0.717, 1.165) is 33.7 Å². The summed E-state index contributed by atoms with van der Waals surface area (Å²) in [5.41, 5.74) is 6.00. The van der Waals surface area contributed by atoms with Crippen molar-refractivity contribution in [1.82, 2.24) is 18.6 Å². The summed E-state index contributed by atoms with van der Waals surface area (Å²) in [6.45, 7) is 2.54. The molecule has 1 fully saturated rings. The van der Waals surface area contributed by atoms with Crippen LogP contribution in [0.2, 0.25) is 5.02 Å². The number of fused-ring (bicyclic) bond motifs is 1. The highest BCUT2D eigenvalue weighted by atomic mass is 79.9. The molecule has 0 amide bonds. The fourth-order valence-corrected chi connectivity index (χ4v) is 7.46. The van der Waals surface area contributed by atoms with Gasteiger partial charge in [-0.25, -0.2) is 13.4 Å². The number of piperazine rings is 1. The first-order valence-corrected chi connectivity index (χ1v) is 15.8. The van der Waals surface area contributed by atoms with E-state index in [-0.39, 0.29) is 4.90 Å². The van der Waals surface area contributed by atoms with E-state index < -0.39 is 10.0 Å². The molecule has 3 aromatic carbocycles. The SMILES string of the molecule is COc1ccc(Br)cc1S(=O)(=O)N1CCN(Cc2c(-c3ccc(Cl)cc3)nc3ccc(-c4ccccc4)cn23)CC1. The van der Waals surface area contributed by atoms with Gasteiger partial charge in [-0.3, -0.25) is 4.90 Å². The van der Waals surface area contributed by atoms with Gasteiger partial charge in [0.15, 0.2) is 0 Å². The van der Waals surface area contributed by atoms with Crippen LogP contribution >= 0.6 is 27.5 Å². The molecule has 5 aromatic rings. The van der Waals surface area contributed by atoms with Gasteiger partial charge in [-0.2, -0.15) is 4.31 Å². The van der Waals surface area contributed by atoms with Crippen LogP contribution in [0.25, 0.3) is 28.0 Å². The Hall–Kier alpha value is -3.21. The molecule has 0 atom stereocenters. The number of aromatic nitrogens is 2. The van der Waals surface area contributed by atoms with Crippen molar-refractivity contribution in [2.45, 2.75) is 11.4 Å². The molecular weight excluding hydrogens is 624 g/mol. The van der Waals surface area contributed by atoms with Gasteiger partial charge in [0.1, 0.15) is 16.3 Å². The quantitative estimate of drug-likeness (QED) is 0.199. The first kappa shape index (κ1) is 27.9. The second-order valence-corrected chi connectivity index (χ2v) is 13.2. The van der Waals surface area contributed by atoms with E-state index in [0.29, 0.717) is 48.0 Å². The zero-order valence-electron chi connectivity index (χ0n) is 22.4. The number of ether oxygens (including phenoxy) is 1. The molecule has 3 heterocycles. The number of pyridine rings is 1. The second-order valence-electron chi connectivity index (χ2n) is 9.90. The molecule has 210 valence electrons. The molecule has 1 aliphatic heterocycles. The van der Waals surface area contributed by atoms with Gasteiger partial charge in [-0.05, 0) is 53.6 Å². The van der Waals surface area contributed by atoms with E-state index in [9.17, 15) is 8.42 Å². The van der Waals surface area contributed by atoms with Crippen molar-refractivity contribution in [3.05, 3.63) is 106 Å². The average Bonchev–Trinajstić information content (AvgIpc) is 3.35. The Morgan fingerprint density at radius 1 is 0.878 bits per heavy atom. The summed E-state index contributed by atoms with van der Waals surface area (Å²) in [7, 11) is -2.23. The number of benzene rings is 3. The lowest BCUT2D eigenvalue weighted by atomic mass is 10.1. The number of rotatable bonds is 7. The van der Waals surface area contributed by atoms with E-state index in [2.05, 4.69) is 49.6 Å². The molecule has 1 saturated heterocycles. The topological polar surface area (TPSA) is 67.2 Å². The minimum atomic E-state index is -3.72. The summed E-state index contributed by atoms with van der Waals surface area (Å²) in [6.07, 6.45) is 2.13. The third-order valence-electron chi connectivity index (χ3n) is 7.39. The van der Waals surface area contributed by atoms with E-state index in [1.165, 1.54) is 11.4 Å². The Kier molecular flexibility index (Phi) is 7.89. The number of hydrogen-bond donors (Lipinski definition) is 0. The Labute approximate surface area is 253 Å². The van der Waals surface area contributed by atoms with Crippen LogP contribution in [0.15, 0.2) is 100 Å². The second kappa shape index (κ2) is 11.6. The lowest BCUT2D eigenvalue weighted by Crippen LogP contribution is -2.48. The first-order chi connectivity index (χ1) is 19.8. The molecule has 41 heavy (non-hydrogen) atoms. The minimum Gasteiger partial charge on any atom is -0.495 e. The van der Waals surface area contributed by atoms with E-state index >= 15 is 0 Å². The normalized spacial score (nSPS) is 14.9. The van der Waals surface area contributed by atoms with Crippen LogP contribution < -0.4 is 4.74 Å². The monoisotopic (exact) mass is 650 g/mol. The molecule has 0 spiro atoms. The number of hydrogen-bond acceptors (Lipinski definition) is 5. The predicted octanol–water partition coefficient (Wildman–Crippen LogP) is 6.60. The lowest BCUT2D eigenvalue weighted by Gasteiger charge is -2.34. The molecular formula is C31H28BrClN4O3S. The van der Waals surface area contributed by atoms with Crippen LogP contribution in [0.5, 0.6) is 5.75 Å². The van der Waals surface area contributed by atoms with Crippen molar-refractivity contribution in [2.75, 3.05) is 33.3 Å². The van der Waals surface area contributed by atoms with Crippen molar-refractivity contribution < 1.29 is 13.2 Å². The molecule has 1 aliphatic rings. The molecule has 0 saturated carbocycles. The van der Waals surface area contributed by atoms with Gasteiger partial charge in [0.05, 0.1) is 18.5 Å². The van der Waals surface area contributed by atoms with E-state index in [1.54, 1.807) is 18.2 Å². The molecule has 7 nitrogen and oxygen atoms in total. The van der Waals surface area contributed by atoms with Gasteiger partial charge in [-0.1, -0.05) is 70.0 Å². The van der Waals surface area contributed by atoms with Crippen LogP contribution in [0.1, 0.15) is 5.69 Å². The highest BCUT2D eigenvalue weighted by molar-refractivity contribution is 9.10. The van der Waals surface area contributed by atoms with Gasteiger partial charge in [-0.15, -0.1) is 0 Å². The average molecular weight is 652 g/mol. The molecule has 2 aromatic heterocycles. The van der Waals surface area contributed by atoms with Crippen molar-refractivity contribution in [1.29, 1.82) is 0 Å². The number of sulfonamides is 1. The smallest absolute Gasteiger partial charge is 0.246 e. The minimum absolute atomic E-state index is 0.170. The number of methoxy groups -OCH3 is 1. The van der Waals surface area contributed by atoms with Crippen LogP contribution in [0, 0.1) is 0 Å². The van der Waals surface area contributed by atoms with Crippen LogP contribution in [0.3, 0.4) is 0 Å². The maximum Gasteiger partial charge on any atom is 0.246 e. The molecule has 0 N–H and O–H groups in total. The van der Waals surface area contributed by atoms with Gasteiger partial charge in [0, 0.05) is 54.0 Å². The molecule has 0 bridgehead atoms. The lowest BCUT2D eigenvalue weighted by molar-refractivity contribution is 0.179. The highest BCUT2D eigenvalue weighted by Gasteiger charge is 2.31. The summed E-state index contributed by atoms with van der Waals surface area (Å²) >= 11 is 9.58. The first-order valence-electron chi connectivity index (χ1n) is 13.2. The fraction of sp³-hybridized carbons (Fsp3) is 0.194. The third kappa shape index (κ3) is 5.65. The number of nitrogens with zero attached hydrogens (tertiary/aromatic N) is 4. The van der Waals surface area contributed by atoms with Gasteiger partial charge in [0.25, 0.3) is 0 Å². The Balaban J connectivity index is 1.30. The maximum absolute atomic E-state index is 13.5. The number of imidazole rings is 1. The molecule has 0 radical (unpaired) electrons. The molecule has 6 rings (SSSR count). The van der Waals surface area contributed by atoms with Crippen LogP contribution in [-0.4, -0.2) is 60.3 Å². The molecule has 10 heteroatoms. The summed E-state index contributed by atoms with van der Waals surface area (Å²) in [6, 6.07) is 27.2. The zero-order valence-corrected chi connectivity index (χ0v) is 25.5. The van der Waals surface area contributed by atoms with Gasteiger partial charge >= 0.3 is 0 Å². The van der Waals surface area contributed by atoms with Crippen LogP contribution in [-0.2, 0) is 16.6 Å².